The van der Waals surface area contributed by atoms with Gasteiger partial charge in [-0.2, -0.15) is 0 Å². The third-order valence-electron chi connectivity index (χ3n) is 3.40. The van der Waals surface area contributed by atoms with Crippen LogP contribution in [-0.2, 0) is 0 Å². The number of pyridine rings is 1. The number of aromatic nitrogens is 1. The minimum Gasteiger partial charge on any atom is -0.271 e. The predicted molar refractivity (Wildman–Crippen MR) is 85.1 cm³/mol. The van der Waals surface area contributed by atoms with Gasteiger partial charge in [-0.15, -0.1) is 0 Å². The molecule has 0 aliphatic heterocycles. The van der Waals surface area contributed by atoms with Crippen LogP contribution >= 0.6 is 15.9 Å². The second-order valence-corrected chi connectivity index (χ2v) is 5.51. The van der Waals surface area contributed by atoms with Crippen molar-refractivity contribution >= 4 is 26.7 Å². The van der Waals surface area contributed by atoms with Crippen molar-refractivity contribution in [2.75, 3.05) is 0 Å². The Morgan fingerprint density at radius 1 is 1.05 bits per heavy atom. The maximum absolute atomic E-state index is 5.79. The molecule has 0 bridgehead atoms. The molecule has 3 nitrogen and oxygen atoms in total. The molecule has 20 heavy (non-hydrogen) atoms. The number of hydrazine groups is 1. The van der Waals surface area contributed by atoms with Crippen LogP contribution in [0.2, 0.25) is 0 Å². The number of nitrogens with zero attached hydrogens (tertiary/aromatic N) is 1. The van der Waals surface area contributed by atoms with E-state index in [-0.39, 0.29) is 6.04 Å². The van der Waals surface area contributed by atoms with Gasteiger partial charge in [0.25, 0.3) is 0 Å². The van der Waals surface area contributed by atoms with E-state index in [1.807, 2.05) is 30.5 Å². The predicted octanol–water partition coefficient (Wildman–Crippen LogP) is 3.55. The van der Waals surface area contributed by atoms with Gasteiger partial charge in [-0.1, -0.05) is 46.3 Å². The van der Waals surface area contributed by atoms with Gasteiger partial charge in [0.2, 0.25) is 0 Å². The van der Waals surface area contributed by atoms with Crippen LogP contribution in [0.1, 0.15) is 17.2 Å². The van der Waals surface area contributed by atoms with E-state index in [1.54, 1.807) is 6.20 Å². The molecule has 0 spiro atoms. The molecule has 100 valence electrons. The number of hydrogen-bond donors (Lipinski definition) is 2. The van der Waals surface area contributed by atoms with Crippen molar-refractivity contribution in [2.45, 2.75) is 6.04 Å². The Hall–Kier alpha value is -1.75. The van der Waals surface area contributed by atoms with Crippen molar-refractivity contribution < 1.29 is 0 Å². The number of fused-ring (bicyclic) bond motifs is 1. The molecule has 3 rings (SSSR count). The Morgan fingerprint density at radius 3 is 2.60 bits per heavy atom. The zero-order valence-corrected chi connectivity index (χ0v) is 12.3. The van der Waals surface area contributed by atoms with Crippen LogP contribution < -0.4 is 11.3 Å². The van der Waals surface area contributed by atoms with Crippen molar-refractivity contribution in [2.24, 2.45) is 5.84 Å². The van der Waals surface area contributed by atoms with E-state index < -0.39 is 0 Å². The summed E-state index contributed by atoms with van der Waals surface area (Å²) in [5.74, 6) is 5.79. The molecule has 0 radical (unpaired) electrons. The van der Waals surface area contributed by atoms with Gasteiger partial charge in [-0.25, -0.2) is 5.43 Å². The van der Waals surface area contributed by atoms with Crippen molar-refractivity contribution in [1.29, 1.82) is 0 Å². The number of benzene rings is 2. The molecule has 0 aliphatic rings. The molecule has 0 fully saturated rings. The summed E-state index contributed by atoms with van der Waals surface area (Å²) in [6.45, 7) is 0. The van der Waals surface area contributed by atoms with Crippen molar-refractivity contribution in [3.63, 3.8) is 0 Å². The van der Waals surface area contributed by atoms with Crippen molar-refractivity contribution in [3.8, 4) is 0 Å². The van der Waals surface area contributed by atoms with Crippen LogP contribution in [0.5, 0.6) is 0 Å². The largest absolute Gasteiger partial charge is 0.271 e. The molecule has 0 aliphatic carbocycles. The smallest absolute Gasteiger partial charge is 0.0716 e. The first kappa shape index (κ1) is 13.2. The highest BCUT2D eigenvalue weighted by atomic mass is 79.9. The summed E-state index contributed by atoms with van der Waals surface area (Å²) in [7, 11) is 0. The molecular formula is C16H14BrN3. The van der Waals surface area contributed by atoms with Gasteiger partial charge in [0.05, 0.1) is 6.04 Å². The summed E-state index contributed by atoms with van der Waals surface area (Å²) >= 11 is 3.45. The third kappa shape index (κ3) is 2.45. The van der Waals surface area contributed by atoms with E-state index in [0.717, 1.165) is 26.4 Å². The molecule has 1 atom stereocenters. The Bertz CT molecular complexity index is 720. The van der Waals surface area contributed by atoms with Crippen LogP contribution in [0.15, 0.2) is 65.4 Å². The summed E-state index contributed by atoms with van der Waals surface area (Å²) < 4.78 is 1.05. The molecule has 1 heterocycles. The van der Waals surface area contributed by atoms with E-state index >= 15 is 0 Å². The lowest BCUT2D eigenvalue weighted by Crippen LogP contribution is -2.29. The van der Waals surface area contributed by atoms with E-state index in [9.17, 15) is 0 Å². The zero-order chi connectivity index (χ0) is 13.9. The number of nitrogens with two attached hydrogens (primary N) is 1. The lowest BCUT2D eigenvalue weighted by atomic mass is 9.95. The molecule has 3 N–H and O–H groups in total. The standard InChI is InChI=1S/C16H14BrN3/c17-13-6-4-11(5-7-13)16(20-18)15-3-1-2-12-10-19-9-8-14(12)15/h1-10,16,20H,18H2. The number of nitrogens with one attached hydrogen (secondary N) is 1. The normalized spacial score (nSPS) is 12.5. The fourth-order valence-corrected chi connectivity index (χ4v) is 2.68. The highest BCUT2D eigenvalue weighted by Crippen LogP contribution is 2.28. The fourth-order valence-electron chi connectivity index (χ4n) is 2.42. The maximum Gasteiger partial charge on any atom is 0.0716 e. The Kier molecular flexibility index (Phi) is 3.78. The molecule has 1 unspecified atom stereocenters. The highest BCUT2D eigenvalue weighted by molar-refractivity contribution is 9.10. The SMILES string of the molecule is NNC(c1ccc(Br)cc1)c1cccc2cnccc12. The monoisotopic (exact) mass is 327 g/mol. The van der Waals surface area contributed by atoms with Crippen molar-refractivity contribution in [3.05, 3.63) is 76.5 Å². The lowest BCUT2D eigenvalue weighted by molar-refractivity contribution is 0.641. The lowest BCUT2D eigenvalue weighted by Gasteiger charge is -2.19. The number of halogens is 1. The van der Waals surface area contributed by atoms with Crippen LogP contribution in [-0.4, -0.2) is 4.98 Å². The van der Waals surface area contributed by atoms with Crippen LogP contribution in [0.25, 0.3) is 10.8 Å². The van der Waals surface area contributed by atoms with Gasteiger partial charge < -0.3 is 0 Å². The summed E-state index contributed by atoms with van der Waals surface area (Å²) in [4.78, 5) is 4.17. The molecule has 2 aromatic carbocycles. The topological polar surface area (TPSA) is 50.9 Å². The number of rotatable bonds is 3. The fraction of sp³-hybridized carbons (Fsp3) is 0.0625. The summed E-state index contributed by atoms with van der Waals surface area (Å²) in [6, 6.07) is 16.3. The zero-order valence-electron chi connectivity index (χ0n) is 10.8. The van der Waals surface area contributed by atoms with Gasteiger partial charge >= 0.3 is 0 Å². The summed E-state index contributed by atoms with van der Waals surface area (Å²) in [5, 5.41) is 2.27. The van der Waals surface area contributed by atoms with Gasteiger partial charge in [0.1, 0.15) is 0 Å². The van der Waals surface area contributed by atoms with E-state index in [2.05, 4.69) is 50.6 Å². The Morgan fingerprint density at radius 2 is 1.85 bits per heavy atom. The third-order valence-corrected chi connectivity index (χ3v) is 3.92. The highest BCUT2D eigenvalue weighted by Gasteiger charge is 2.14. The molecule has 0 amide bonds. The van der Waals surface area contributed by atoms with Gasteiger partial charge in [-0.3, -0.25) is 10.8 Å². The minimum absolute atomic E-state index is 0.0470. The molecule has 0 saturated heterocycles. The van der Waals surface area contributed by atoms with Crippen LogP contribution in [0.4, 0.5) is 0 Å². The average molecular weight is 328 g/mol. The molecule has 0 saturated carbocycles. The molecular weight excluding hydrogens is 314 g/mol. The second kappa shape index (κ2) is 5.71. The molecule has 1 aromatic heterocycles. The summed E-state index contributed by atoms with van der Waals surface area (Å²) in [6.07, 6.45) is 3.68. The first-order valence-electron chi connectivity index (χ1n) is 6.34. The average Bonchev–Trinajstić information content (AvgIpc) is 2.50. The van der Waals surface area contributed by atoms with Gasteiger partial charge in [-0.05, 0) is 34.7 Å². The first-order chi connectivity index (χ1) is 9.79. The van der Waals surface area contributed by atoms with Gasteiger partial charge in [0, 0.05) is 22.3 Å². The minimum atomic E-state index is -0.0470. The first-order valence-corrected chi connectivity index (χ1v) is 7.13. The Balaban J connectivity index is 2.14. The van der Waals surface area contributed by atoms with Crippen LogP contribution in [0.3, 0.4) is 0 Å². The summed E-state index contributed by atoms with van der Waals surface area (Å²) in [5.41, 5.74) is 5.18. The maximum atomic E-state index is 5.79. The molecule has 4 heteroatoms. The quantitative estimate of drug-likeness (QED) is 0.571. The van der Waals surface area contributed by atoms with Crippen molar-refractivity contribution in [1.82, 2.24) is 10.4 Å². The van der Waals surface area contributed by atoms with Crippen LogP contribution in [0, 0.1) is 0 Å². The number of hydrogen-bond acceptors (Lipinski definition) is 3. The second-order valence-electron chi connectivity index (χ2n) is 4.60. The van der Waals surface area contributed by atoms with E-state index in [0.29, 0.717) is 0 Å². The Labute approximate surface area is 125 Å². The van der Waals surface area contributed by atoms with Gasteiger partial charge in [0.15, 0.2) is 0 Å². The van der Waals surface area contributed by atoms with E-state index in [1.165, 1.54) is 0 Å². The van der Waals surface area contributed by atoms with E-state index in [4.69, 9.17) is 5.84 Å². The molecule has 3 aromatic rings.